The van der Waals surface area contributed by atoms with Gasteiger partial charge in [-0.2, -0.15) is 0 Å². The van der Waals surface area contributed by atoms with Gasteiger partial charge in [-0.3, -0.25) is 9.78 Å². The Bertz CT molecular complexity index is 788. The van der Waals surface area contributed by atoms with Crippen molar-refractivity contribution in [2.45, 2.75) is 3.92 Å². The van der Waals surface area contributed by atoms with E-state index in [1.165, 1.54) is 0 Å². The van der Waals surface area contributed by atoms with Crippen molar-refractivity contribution >= 4 is 50.3 Å². The number of fused-ring (bicyclic) bond motifs is 3. The summed E-state index contributed by atoms with van der Waals surface area (Å²) in [6, 6.07) is 11.7. The third kappa shape index (κ3) is 2.14. The molecule has 5 heteroatoms. The lowest BCUT2D eigenvalue weighted by atomic mass is 10.1. The number of pyridine rings is 2. The number of rotatable bonds is 2. The summed E-state index contributed by atoms with van der Waals surface area (Å²) in [5.74, 6) is -0.388. The minimum atomic E-state index is -0.430. The molecule has 1 unspecified atom stereocenters. The second kappa shape index (κ2) is 4.73. The van der Waals surface area contributed by atoms with Gasteiger partial charge < -0.3 is 5.73 Å². The summed E-state index contributed by atoms with van der Waals surface area (Å²) >= 11 is 2.00. The Hall–Kier alpha value is -1.76. The van der Waals surface area contributed by atoms with Gasteiger partial charge in [0.2, 0.25) is 5.91 Å². The molecule has 0 aliphatic rings. The minimum absolute atomic E-state index is 0.388. The number of alkyl halides is 1. The van der Waals surface area contributed by atoms with Crippen molar-refractivity contribution in [3.8, 4) is 0 Å². The first kappa shape index (κ1) is 12.3. The third-order valence-electron chi connectivity index (χ3n) is 2.96. The number of halogens is 1. The van der Waals surface area contributed by atoms with Gasteiger partial charge in [0, 0.05) is 17.0 Å². The number of aromatic nitrogens is 2. The van der Waals surface area contributed by atoms with E-state index in [9.17, 15) is 4.79 Å². The summed E-state index contributed by atoms with van der Waals surface area (Å²) in [5, 5.41) is 2.03. The molecule has 1 atom stereocenters. The van der Waals surface area contributed by atoms with Gasteiger partial charge in [0.25, 0.3) is 0 Å². The predicted molar refractivity (Wildman–Crippen MR) is 83.0 cm³/mol. The molecule has 2 N–H and O–H groups in total. The maximum absolute atomic E-state index is 11.3. The molecule has 4 nitrogen and oxygen atoms in total. The average Bonchev–Trinajstić information content (AvgIpc) is 2.45. The standard InChI is InChI=1S/C14H10IN3O/c15-11(14(16)19)10-6-5-9-4-3-8-2-1-7-17-12(8)13(9)18-10/h1-7,11H,(H2,16,19). The number of carbonyl (C=O) groups is 1. The number of benzene rings is 1. The fraction of sp³-hybridized carbons (Fsp3) is 0.0714. The van der Waals surface area contributed by atoms with Crippen molar-refractivity contribution in [3.63, 3.8) is 0 Å². The summed E-state index contributed by atoms with van der Waals surface area (Å²) in [7, 11) is 0. The number of primary amides is 1. The van der Waals surface area contributed by atoms with E-state index in [0.29, 0.717) is 5.69 Å². The molecule has 0 saturated carbocycles. The Labute approximate surface area is 123 Å². The van der Waals surface area contributed by atoms with Crippen LogP contribution in [0.1, 0.15) is 9.62 Å². The van der Waals surface area contributed by atoms with Crippen LogP contribution in [0.5, 0.6) is 0 Å². The van der Waals surface area contributed by atoms with Crippen LogP contribution in [-0.4, -0.2) is 15.9 Å². The van der Waals surface area contributed by atoms with E-state index in [1.54, 1.807) is 6.20 Å². The van der Waals surface area contributed by atoms with Crippen LogP contribution in [0.15, 0.2) is 42.6 Å². The van der Waals surface area contributed by atoms with Crippen molar-refractivity contribution in [1.29, 1.82) is 0 Å². The largest absolute Gasteiger partial charge is 0.368 e. The SMILES string of the molecule is NC(=O)C(I)c1ccc2ccc3cccnc3c2n1. The second-order valence-electron chi connectivity index (χ2n) is 4.21. The molecule has 2 heterocycles. The maximum Gasteiger partial charge on any atom is 0.236 e. The first-order valence-corrected chi connectivity index (χ1v) is 6.99. The Balaban J connectivity index is 2.31. The molecule has 3 rings (SSSR count). The lowest BCUT2D eigenvalue weighted by Gasteiger charge is -2.08. The Morgan fingerprint density at radius 1 is 1.11 bits per heavy atom. The number of hydrogen-bond acceptors (Lipinski definition) is 3. The van der Waals surface area contributed by atoms with Gasteiger partial charge in [0.05, 0.1) is 16.7 Å². The average molecular weight is 363 g/mol. The first-order valence-electron chi connectivity index (χ1n) is 5.74. The van der Waals surface area contributed by atoms with Crippen LogP contribution in [0.3, 0.4) is 0 Å². The number of carbonyl (C=O) groups excluding carboxylic acids is 1. The van der Waals surface area contributed by atoms with E-state index in [0.717, 1.165) is 21.8 Å². The number of nitrogens with two attached hydrogens (primary N) is 1. The van der Waals surface area contributed by atoms with Crippen molar-refractivity contribution in [2.24, 2.45) is 5.73 Å². The topological polar surface area (TPSA) is 68.9 Å². The Morgan fingerprint density at radius 3 is 2.53 bits per heavy atom. The molecule has 19 heavy (non-hydrogen) atoms. The number of hydrogen-bond donors (Lipinski definition) is 1. The lowest BCUT2D eigenvalue weighted by molar-refractivity contribution is -0.117. The van der Waals surface area contributed by atoms with Crippen molar-refractivity contribution in [1.82, 2.24) is 9.97 Å². The molecule has 0 spiro atoms. The van der Waals surface area contributed by atoms with Gasteiger partial charge in [-0.05, 0) is 12.1 Å². The molecule has 2 aromatic heterocycles. The molecular formula is C14H10IN3O. The quantitative estimate of drug-likeness (QED) is 0.433. The fourth-order valence-electron chi connectivity index (χ4n) is 2.03. The van der Waals surface area contributed by atoms with E-state index >= 15 is 0 Å². The highest BCUT2D eigenvalue weighted by molar-refractivity contribution is 14.1. The van der Waals surface area contributed by atoms with Gasteiger partial charge in [0.1, 0.15) is 3.92 Å². The molecule has 1 aromatic carbocycles. The van der Waals surface area contributed by atoms with E-state index in [4.69, 9.17) is 5.73 Å². The van der Waals surface area contributed by atoms with Crippen LogP contribution in [0.25, 0.3) is 21.8 Å². The van der Waals surface area contributed by atoms with E-state index in [-0.39, 0.29) is 5.91 Å². The number of nitrogens with zero attached hydrogens (tertiary/aromatic N) is 2. The summed E-state index contributed by atoms with van der Waals surface area (Å²) in [6.45, 7) is 0. The number of amides is 1. The van der Waals surface area contributed by atoms with Crippen molar-refractivity contribution in [2.75, 3.05) is 0 Å². The smallest absolute Gasteiger partial charge is 0.236 e. The van der Waals surface area contributed by atoms with Crippen LogP contribution in [0.2, 0.25) is 0 Å². The molecule has 0 bridgehead atoms. The molecule has 0 aliphatic carbocycles. The van der Waals surface area contributed by atoms with Gasteiger partial charge in [-0.25, -0.2) is 4.98 Å². The normalized spacial score (nSPS) is 12.7. The lowest BCUT2D eigenvalue weighted by Crippen LogP contribution is -2.17. The van der Waals surface area contributed by atoms with Crippen LogP contribution >= 0.6 is 22.6 Å². The molecule has 0 saturated heterocycles. The zero-order valence-electron chi connectivity index (χ0n) is 9.88. The zero-order chi connectivity index (χ0) is 13.4. The summed E-state index contributed by atoms with van der Waals surface area (Å²) in [5.41, 5.74) is 7.63. The van der Waals surface area contributed by atoms with E-state index < -0.39 is 3.92 Å². The third-order valence-corrected chi connectivity index (χ3v) is 4.22. The van der Waals surface area contributed by atoms with Gasteiger partial charge in [0.15, 0.2) is 0 Å². The molecule has 94 valence electrons. The molecule has 1 amide bonds. The monoisotopic (exact) mass is 363 g/mol. The first-order chi connectivity index (χ1) is 9.16. The Morgan fingerprint density at radius 2 is 1.79 bits per heavy atom. The van der Waals surface area contributed by atoms with Gasteiger partial charge >= 0.3 is 0 Å². The van der Waals surface area contributed by atoms with Crippen LogP contribution in [-0.2, 0) is 4.79 Å². The zero-order valence-corrected chi connectivity index (χ0v) is 12.0. The predicted octanol–water partition coefficient (Wildman–Crippen LogP) is 2.74. The highest BCUT2D eigenvalue weighted by atomic mass is 127. The van der Waals surface area contributed by atoms with E-state index in [1.807, 2.05) is 59.0 Å². The van der Waals surface area contributed by atoms with Crippen LogP contribution < -0.4 is 5.73 Å². The van der Waals surface area contributed by atoms with Crippen molar-refractivity contribution < 1.29 is 4.79 Å². The molecule has 0 radical (unpaired) electrons. The molecular weight excluding hydrogens is 353 g/mol. The highest BCUT2D eigenvalue weighted by Crippen LogP contribution is 2.26. The Kier molecular flexibility index (Phi) is 3.06. The second-order valence-corrected chi connectivity index (χ2v) is 5.46. The highest BCUT2D eigenvalue weighted by Gasteiger charge is 2.16. The van der Waals surface area contributed by atoms with Crippen LogP contribution in [0.4, 0.5) is 0 Å². The maximum atomic E-state index is 11.3. The molecule has 0 aliphatic heterocycles. The fourth-order valence-corrected chi connectivity index (χ4v) is 2.37. The van der Waals surface area contributed by atoms with Gasteiger partial charge in [-0.1, -0.05) is 46.9 Å². The van der Waals surface area contributed by atoms with Gasteiger partial charge in [-0.15, -0.1) is 0 Å². The summed E-state index contributed by atoms with van der Waals surface area (Å²) in [6.07, 6.45) is 1.74. The van der Waals surface area contributed by atoms with Crippen molar-refractivity contribution in [3.05, 3.63) is 48.3 Å². The van der Waals surface area contributed by atoms with Crippen LogP contribution in [0, 0.1) is 0 Å². The minimum Gasteiger partial charge on any atom is -0.368 e. The molecule has 0 fully saturated rings. The summed E-state index contributed by atoms with van der Waals surface area (Å²) in [4.78, 5) is 20.2. The molecule has 3 aromatic rings. The summed E-state index contributed by atoms with van der Waals surface area (Å²) < 4.78 is -0.430. The van der Waals surface area contributed by atoms with E-state index in [2.05, 4.69) is 9.97 Å².